The molecule has 0 atom stereocenters. The average molecular weight is 473 g/mol. The number of aryl methyl sites for hydroxylation is 1. The lowest BCUT2D eigenvalue weighted by molar-refractivity contribution is -0.137. The Morgan fingerprint density at radius 1 is 0.853 bits per heavy atom. The van der Waals surface area contributed by atoms with Gasteiger partial charge in [0.25, 0.3) is 0 Å². The van der Waals surface area contributed by atoms with Crippen molar-refractivity contribution in [2.24, 2.45) is 5.73 Å². The molecule has 0 amide bonds. The van der Waals surface area contributed by atoms with E-state index in [1.54, 1.807) is 30.3 Å². The lowest BCUT2D eigenvalue weighted by Gasteiger charge is -2.24. The Labute approximate surface area is 192 Å². The molecular formula is C25H22F3NO5. The van der Waals surface area contributed by atoms with Crippen molar-refractivity contribution < 1.29 is 32.5 Å². The fourth-order valence-electron chi connectivity index (χ4n) is 3.55. The van der Waals surface area contributed by atoms with Gasteiger partial charge < -0.3 is 25.1 Å². The largest absolute Gasteiger partial charge is 0.457 e. The minimum atomic E-state index is -4.44. The molecule has 0 unspecified atom stereocenters. The quantitative estimate of drug-likeness (QED) is 0.344. The Balaban J connectivity index is 1.61. The summed E-state index contributed by atoms with van der Waals surface area (Å²) >= 11 is 0. The molecule has 9 heteroatoms. The monoisotopic (exact) mass is 473 g/mol. The van der Waals surface area contributed by atoms with Gasteiger partial charge in [-0.25, -0.2) is 0 Å². The van der Waals surface area contributed by atoms with Gasteiger partial charge in [-0.05, 0) is 73.0 Å². The topological polar surface area (TPSA) is 106 Å². The van der Waals surface area contributed by atoms with Crippen LogP contribution >= 0.6 is 0 Å². The van der Waals surface area contributed by atoms with Crippen LogP contribution in [0.5, 0.6) is 11.5 Å². The number of rotatable bonds is 7. The fourth-order valence-corrected chi connectivity index (χ4v) is 3.55. The molecule has 0 saturated heterocycles. The van der Waals surface area contributed by atoms with Crippen molar-refractivity contribution in [3.05, 3.63) is 82.0 Å². The maximum Gasteiger partial charge on any atom is 0.416 e. The molecule has 6 nitrogen and oxygen atoms in total. The molecule has 4 rings (SSSR count). The second kappa shape index (κ2) is 9.09. The van der Waals surface area contributed by atoms with Gasteiger partial charge in [-0.15, -0.1) is 0 Å². The zero-order valence-corrected chi connectivity index (χ0v) is 17.9. The van der Waals surface area contributed by atoms with E-state index in [1.165, 1.54) is 18.2 Å². The number of fused-ring (bicyclic) bond motifs is 2. The third-order valence-electron chi connectivity index (χ3n) is 5.66. The second-order valence-electron chi connectivity index (χ2n) is 8.22. The van der Waals surface area contributed by atoms with E-state index in [9.17, 15) is 28.2 Å². The fraction of sp³-hybridized carbons (Fsp3) is 0.240. The van der Waals surface area contributed by atoms with Crippen LogP contribution in [-0.4, -0.2) is 29.0 Å². The number of aliphatic hydroxyl groups is 2. The van der Waals surface area contributed by atoms with Crippen LogP contribution in [0, 0.1) is 0 Å². The van der Waals surface area contributed by atoms with Crippen molar-refractivity contribution in [3.8, 4) is 11.5 Å². The van der Waals surface area contributed by atoms with Crippen LogP contribution in [0.1, 0.15) is 17.5 Å². The SMILES string of the molecule is NC(CO)(CO)CCc1ccc2c(=O)c3cc(Oc4ccc(C(F)(F)F)cc4)ccc3oc2c1. The highest BCUT2D eigenvalue weighted by Gasteiger charge is 2.30. The maximum atomic E-state index is 13.0. The summed E-state index contributed by atoms with van der Waals surface area (Å²) in [5, 5.41) is 19.3. The summed E-state index contributed by atoms with van der Waals surface area (Å²) in [5.41, 5.74) is 5.29. The number of hydrogen-bond donors (Lipinski definition) is 3. The molecule has 1 heterocycles. The molecule has 0 fully saturated rings. The maximum absolute atomic E-state index is 13.0. The third-order valence-corrected chi connectivity index (χ3v) is 5.66. The number of benzene rings is 3. The van der Waals surface area contributed by atoms with Gasteiger partial charge in [-0.3, -0.25) is 4.79 Å². The van der Waals surface area contributed by atoms with Gasteiger partial charge in [-0.2, -0.15) is 13.2 Å². The van der Waals surface area contributed by atoms with E-state index >= 15 is 0 Å². The third kappa shape index (κ3) is 4.91. The minimum absolute atomic E-state index is 0.198. The van der Waals surface area contributed by atoms with Crippen molar-refractivity contribution >= 4 is 21.9 Å². The molecule has 0 bridgehead atoms. The Hall–Kier alpha value is -3.40. The van der Waals surface area contributed by atoms with E-state index in [4.69, 9.17) is 14.9 Å². The van der Waals surface area contributed by atoms with Crippen LogP contribution in [0.2, 0.25) is 0 Å². The van der Waals surface area contributed by atoms with Gasteiger partial charge in [0.1, 0.15) is 22.7 Å². The first-order chi connectivity index (χ1) is 16.1. The highest BCUT2D eigenvalue weighted by atomic mass is 19.4. The summed E-state index contributed by atoms with van der Waals surface area (Å²) in [5.74, 6) is 0.478. The summed E-state index contributed by atoms with van der Waals surface area (Å²) in [6.45, 7) is -0.707. The van der Waals surface area contributed by atoms with Crippen molar-refractivity contribution in [2.45, 2.75) is 24.6 Å². The zero-order valence-electron chi connectivity index (χ0n) is 17.9. The standard InChI is InChI=1S/C25H22F3NO5/c26-25(27,28)16-2-4-17(5-3-16)33-18-6-8-21-20(12-18)23(32)19-7-1-15(11-22(19)34-21)9-10-24(29,13-30)14-31/h1-8,11-12,30-31H,9-10,13-14,29H2. The van der Waals surface area contributed by atoms with Crippen LogP contribution in [0.4, 0.5) is 13.2 Å². The van der Waals surface area contributed by atoms with Crippen molar-refractivity contribution in [1.82, 2.24) is 0 Å². The molecular weight excluding hydrogens is 451 g/mol. The number of halogens is 3. The van der Waals surface area contributed by atoms with Crippen LogP contribution < -0.4 is 15.9 Å². The Morgan fingerprint density at radius 2 is 1.53 bits per heavy atom. The number of nitrogens with two attached hydrogens (primary N) is 1. The zero-order chi connectivity index (χ0) is 24.5. The molecule has 0 aliphatic carbocycles. The Morgan fingerprint density at radius 3 is 2.18 bits per heavy atom. The number of alkyl halides is 3. The normalized spacial score (nSPS) is 12.4. The molecule has 4 N–H and O–H groups in total. The van der Waals surface area contributed by atoms with Crippen LogP contribution in [0.3, 0.4) is 0 Å². The van der Waals surface area contributed by atoms with Gasteiger partial charge in [0.15, 0.2) is 0 Å². The Bertz CT molecular complexity index is 1380. The van der Waals surface area contributed by atoms with E-state index in [0.717, 1.165) is 17.7 Å². The Kier molecular flexibility index (Phi) is 6.35. The number of aliphatic hydroxyl groups excluding tert-OH is 2. The van der Waals surface area contributed by atoms with E-state index in [0.29, 0.717) is 29.4 Å². The van der Waals surface area contributed by atoms with Gasteiger partial charge >= 0.3 is 6.18 Å². The molecule has 178 valence electrons. The summed E-state index contributed by atoms with van der Waals surface area (Å²) in [6.07, 6.45) is -3.63. The molecule has 0 radical (unpaired) electrons. The number of ether oxygens (including phenoxy) is 1. The van der Waals surface area contributed by atoms with Gasteiger partial charge in [0.2, 0.25) is 5.43 Å². The molecule has 0 saturated carbocycles. The average Bonchev–Trinajstić information content (AvgIpc) is 2.83. The molecule has 1 aromatic heterocycles. The molecule has 0 aliphatic heterocycles. The summed E-state index contributed by atoms with van der Waals surface area (Å²) in [6, 6.07) is 14.0. The van der Waals surface area contributed by atoms with E-state index in [2.05, 4.69) is 0 Å². The predicted molar refractivity (Wildman–Crippen MR) is 121 cm³/mol. The van der Waals surface area contributed by atoms with Gasteiger partial charge in [-0.1, -0.05) is 6.07 Å². The van der Waals surface area contributed by atoms with Crippen molar-refractivity contribution in [2.75, 3.05) is 13.2 Å². The molecule has 34 heavy (non-hydrogen) atoms. The van der Waals surface area contributed by atoms with Crippen molar-refractivity contribution in [1.29, 1.82) is 0 Å². The van der Waals surface area contributed by atoms with Gasteiger partial charge in [0, 0.05) is 0 Å². The molecule has 0 aliphatic rings. The van der Waals surface area contributed by atoms with E-state index < -0.39 is 17.3 Å². The first-order valence-electron chi connectivity index (χ1n) is 10.5. The summed E-state index contributed by atoms with van der Waals surface area (Å²) in [7, 11) is 0. The lowest BCUT2D eigenvalue weighted by atomic mass is 9.93. The summed E-state index contributed by atoms with van der Waals surface area (Å²) in [4.78, 5) is 13.0. The summed E-state index contributed by atoms with van der Waals surface area (Å²) < 4.78 is 49.7. The smallest absolute Gasteiger partial charge is 0.416 e. The molecule has 3 aromatic carbocycles. The van der Waals surface area contributed by atoms with E-state index in [-0.39, 0.29) is 35.5 Å². The van der Waals surface area contributed by atoms with Crippen LogP contribution in [0.25, 0.3) is 21.9 Å². The minimum Gasteiger partial charge on any atom is -0.457 e. The lowest BCUT2D eigenvalue weighted by Crippen LogP contribution is -2.47. The van der Waals surface area contributed by atoms with Crippen molar-refractivity contribution in [3.63, 3.8) is 0 Å². The molecule has 0 spiro atoms. The highest BCUT2D eigenvalue weighted by molar-refractivity contribution is 5.90. The second-order valence-corrected chi connectivity index (χ2v) is 8.22. The first kappa shape index (κ1) is 23.7. The number of hydrogen-bond acceptors (Lipinski definition) is 6. The molecule has 4 aromatic rings. The predicted octanol–water partition coefficient (Wildman–Crippen LogP) is 4.37. The van der Waals surface area contributed by atoms with Crippen LogP contribution in [-0.2, 0) is 12.6 Å². The van der Waals surface area contributed by atoms with Gasteiger partial charge in [0.05, 0.1) is 35.1 Å². The van der Waals surface area contributed by atoms with E-state index in [1.807, 2.05) is 0 Å². The van der Waals surface area contributed by atoms with Crippen LogP contribution in [0.15, 0.2) is 69.9 Å². The first-order valence-corrected chi connectivity index (χ1v) is 10.5. The highest BCUT2D eigenvalue weighted by Crippen LogP contribution is 2.32.